The molecular formula is C22H16N2O. The largest absolute Gasteiger partial charge is 0.453 e. The van der Waals surface area contributed by atoms with Crippen LogP contribution in [0.15, 0.2) is 66.7 Å². The lowest BCUT2D eigenvalue weighted by molar-refractivity contribution is 0.474. The molecule has 3 nitrogen and oxygen atoms in total. The van der Waals surface area contributed by atoms with Gasteiger partial charge in [0.2, 0.25) is 0 Å². The molecule has 3 aromatic carbocycles. The fraction of sp³-hybridized carbons (Fsp3) is 0.0455. The number of rotatable bonds is 2. The van der Waals surface area contributed by atoms with Gasteiger partial charge in [0.05, 0.1) is 11.2 Å². The maximum Gasteiger partial charge on any atom is 0.153 e. The van der Waals surface area contributed by atoms with E-state index >= 15 is 0 Å². The van der Waals surface area contributed by atoms with Crippen molar-refractivity contribution in [2.45, 2.75) is 6.92 Å². The highest BCUT2D eigenvalue weighted by molar-refractivity contribution is 5.87. The van der Waals surface area contributed by atoms with Crippen LogP contribution in [0, 0.1) is 6.92 Å². The summed E-state index contributed by atoms with van der Waals surface area (Å²) >= 11 is 0. The SMILES string of the molecule is Cc1nc2cccc3c2n1-c1ccc(/C=C/c2ccccc2)cc1O3. The van der Waals surface area contributed by atoms with Crippen molar-refractivity contribution in [1.29, 1.82) is 0 Å². The second kappa shape index (κ2) is 5.35. The van der Waals surface area contributed by atoms with Crippen LogP contribution in [0.1, 0.15) is 17.0 Å². The Balaban J connectivity index is 1.60. The molecule has 1 aromatic heterocycles. The molecule has 0 saturated heterocycles. The molecule has 3 heteroatoms. The van der Waals surface area contributed by atoms with Crippen LogP contribution in [0.4, 0.5) is 0 Å². The second-order valence-corrected chi connectivity index (χ2v) is 6.19. The highest BCUT2D eigenvalue weighted by Gasteiger charge is 2.22. The molecule has 5 rings (SSSR count). The Kier molecular flexibility index (Phi) is 3.01. The fourth-order valence-corrected chi connectivity index (χ4v) is 3.36. The van der Waals surface area contributed by atoms with E-state index in [2.05, 4.69) is 52.0 Å². The first-order chi connectivity index (χ1) is 12.3. The smallest absolute Gasteiger partial charge is 0.153 e. The number of aryl methyl sites for hydroxylation is 1. The summed E-state index contributed by atoms with van der Waals surface area (Å²) < 4.78 is 8.34. The van der Waals surface area contributed by atoms with Crippen LogP contribution < -0.4 is 4.74 Å². The summed E-state index contributed by atoms with van der Waals surface area (Å²) in [6, 6.07) is 22.6. The van der Waals surface area contributed by atoms with E-state index in [9.17, 15) is 0 Å². The zero-order valence-electron chi connectivity index (χ0n) is 13.8. The van der Waals surface area contributed by atoms with E-state index in [1.165, 1.54) is 5.56 Å². The third-order valence-corrected chi connectivity index (χ3v) is 4.52. The molecule has 2 heterocycles. The number of fused-ring (bicyclic) bond motifs is 2. The Morgan fingerprint density at radius 1 is 0.840 bits per heavy atom. The predicted octanol–water partition coefficient (Wildman–Crippen LogP) is 5.61. The first kappa shape index (κ1) is 14.1. The first-order valence-corrected chi connectivity index (χ1v) is 8.33. The lowest BCUT2D eigenvalue weighted by atomic mass is 10.1. The number of benzene rings is 3. The van der Waals surface area contributed by atoms with E-state index in [0.717, 1.165) is 39.6 Å². The van der Waals surface area contributed by atoms with Gasteiger partial charge in [-0.3, -0.25) is 4.57 Å². The summed E-state index contributed by atoms with van der Waals surface area (Å²) in [6.45, 7) is 2.03. The van der Waals surface area contributed by atoms with Crippen LogP contribution in [0.25, 0.3) is 28.9 Å². The van der Waals surface area contributed by atoms with Gasteiger partial charge in [0.25, 0.3) is 0 Å². The average Bonchev–Trinajstić information content (AvgIpc) is 2.99. The molecule has 0 unspecified atom stereocenters. The van der Waals surface area contributed by atoms with E-state index in [-0.39, 0.29) is 0 Å². The molecule has 0 aliphatic carbocycles. The Bertz CT molecular complexity index is 1120. The molecule has 0 spiro atoms. The predicted molar refractivity (Wildman–Crippen MR) is 101 cm³/mol. The van der Waals surface area contributed by atoms with Gasteiger partial charge >= 0.3 is 0 Å². The maximum atomic E-state index is 6.16. The van der Waals surface area contributed by atoms with Gasteiger partial charge in [-0.1, -0.05) is 54.6 Å². The molecule has 0 N–H and O–H groups in total. The number of nitrogens with zero attached hydrogens (tertiary/aromatic N) is 2. The minimum absolute atomic E-state index is 0.856. The zero-order valence-corrected chi connectivity index (χ0v) is 13.8. The minimum atomic E-state index is 0.856. The van der Waals surface area contributed by atoms with Gasteiger partial charge in [-0.15, -0.1) is 0 Å². The first-order valence-electron chi connectivity index (χ1n) is 8.33. The van der Waals surface area contributed by atoms with E-state index in [4.69, 9.17) is 4.74 Å². The second-order valence-electron chi connectivity index (χ2n) is 6.19. The quantitative estimate of drug-likeness (QED) is 0.395. The van der Waals surface area contributed by atoms with Crippen molar-refractivity contribution in [2.24, 2.45) is 0 Å². The minimum Gasteiger partial charge on any atom is -0.453 e. The summed E-state index contributed by atoms with van der Waals surface area (Å²) in [7, 11) is 0. The number of ether oxygens (including phenoxy) is 1. The maximum absolute atomic E-state index is 6.16. The highest BCUT2D eigenvalue weighted by atomic mass is 16.5. The molecule has 0 atom stereocenters. The van der Waals surface area contributed by atoms with Crippen LogP contribution in [-0.2, 0) is 0 Å². The zero-order chi connectivity index (χ0) is 16.8. The average molecular weight is 324 g/mol. The number of para-hydroxylation sites is 1. The third-order valence-electron chi connectivity index (χ3n) is 4.52. The Hall–Kier alpha value is -3.33. The summed E-state index contributed by atoms with van der Waals surface area (Å²) in [5, 5.41) is 0. The summed E-state index contributed by atoms with van der Waals surface area (Å²) in [6.07, 6.45) is 4.22. The molecule has 4 aromatic rings. The van der Waals surface area contributed by atoms with Crippen LogP contribution in [0.5, 0.6) is 11.5 Å². The van der Waals surface area contributed by atoms with Gasteiger partial charge in [0.15, 0.2) is 11.5 Å². The molecule has 0 bridgehead atoms. The van der Waals surface area contributed by atoms with Crippen LogP contribution >= 0.6 is 0 Å². The van der Waals surface area contributed by atoms with Crippen molar-refractivity contribution in [3.63, 3.8) is 0 Å². The van der Waals surface area contributed by atoms with Gasteiger partial charge in [-0.05, 0) is 42.3 Å². The Morgan fingerprint density at radius 3 is 2.56 bits per heavy atom. The Morgan fingerprint density at radius 2 is 1.68 bits per heavy atom. The van der Waals surface area contributed by atoms with E-state index in [1.54, 1.807) is 0 Å². The fourth-order valence-electron chi connectivity index (χ4n) is 3.36. The topological polar surface area (TPSA) is 27.1 Å². The number of imidazole rings is 1. The molecule has 0 saturated carbocycles. The lowest BCUT2D eigenvalue weighted by Crippen LogP contribution is -2.05. The van der Waals surface area contributed by atoms with Crippen molar-refractivity contribution in [1.82, 2.24) is 9.55 Å². The third kappa shape index (κ3) is 2.24. The van der Waals surface area contributed by atoms with Crippen molar-refractivity contribution < 1.29 is 4.74 Å². The van der Waals surface area contributed by atoms with Gasteiger partial charge in [-0.25, -0.2) is 4.98 Å². The standard InChI is InChI=1S/C22H16N2O/c1-15-23-18-8-5-9-20-22(18)24(15)19-13-12-17(14-21(19)25-20)11-10-16-6-3-2-4-7-16/h2-14H,1H3/b11-10+. The number of hydrogen-bond acceptors (Lipinski definition) is 2. The molecule has 25 heavy (non-hydrogen) atoms. The van der Waals surface area contributed by atoms with Crippen LogP contribution in [-0.4, -0.2) is 9.55 Å². The molecule has 0 amide bonds. The van der Waals surface area contributed by atoms with E-state index < -0.39 is 0 Å². The molecule has 1 aliphatic rings. The van der Waals surface area contributed by atoms with Crippen molar-refractivity contribution in [3.05, 3.63) is 83.7 Å². The van der Waals surface area contributed by atoms with E-state index in [1.807, 2.05) is 43.3 Å². The number of aromatic nitrogens is 2. The molecular weight excluding hydrogens is 308 g/mol. The molecule has 1 aliphatic heterocycles. The number of hydrogen-bond donors (Lipinski definition) is 0. The summed E-state index contributed by atoms with van der Waals surface area (Å²) in [4.78, 5) is 4.65. The lowest BCUT2D eigenvalue weighted by Gasteiger charge is -2.20. The van der Waals surface area contributed by atoms with Gasteiger partial charge in [0, 0.05) is 0 Å². The van der Waals surface area contributed by atoms with E-state index in [0.29, 0.717) is 0 Å². The van der Waals surface area contributed by atoms with Crippen LogP contribution in [0.3, 0.4) is 0 Å². The van der Waals surface area contributed by atoms with Gasteiger partial charge in [-0.2, -0.15) is 0 Å². The van der Waals surface area contributed by atoms with Crippen molar-refractivity contribution >= 4 is 23.2 Å². The van der Waals surface area contributed by atoms with Crippen molar-refractivity contribution in [3.8, 4) is 17.2 Å². The normalized spacial score (nSPS) is 12.4. The van der Waals surface area contributed by atoms with Crippen LogP contribution in [0.2, 0.25) is 0 Å². The van der Waals surface area contributed by atoms with Gasteiger partial charge < -0.3 is 4.74 Å². The monoisotopic (exact) mass is 324 g/mol. The van der Waals surface area contributed by atoms with Crippen molar-refractivity contribution in [2.75, 3.05) is 0 Å². The summed E-state index contributed by atoms with van der Waals surface area (Å²) in [5.74, 6) is 2.69. The molecule has 0 fully saturated rings. The molecule has 120 valence electrons. The Labute approximate surface area is 145 Å². The van der Waals surface area contributed by atoms with Gasteiger partial charge in [0.1, 0.15) is 11.3 Å². The summed E-state index contributed by atoms with van der Waals surface area (Å²) in [5.41, 5.74) is 5.33. The highest BCUT2D eigenvalue weighted by Crippen LogP contribution is 2.41. The molecule has 0 radical (unpaired) electrons.